The molecule has 0 aliphatic heterocycles. The molecule has 30 heavy (non-hydrogen) atoms. The summed E-state index contributed by atoms with van der Waals surface area (Å²) in [5.41, 5.74) is 0.395. The fourth-order valence-electron chi connectivity index (χ4n) is 2.68. The molecule has 0 N–H and O–H groups in total. The van der Waals surface area contributed by atoms with E-state index in [-0.39, 0.29) is 17.0 Å². The quantitative estimate of drug-likeness (QED) is 0.225. The number of para-hydroxylation sites is 3. The van der Waals surface area contributed by atoms with Crippen LogP contribution in [0.4, 0.5) is 5.69 Å². The minimum Gasteiger partial charge on any atom is -0.457 e. The Balaban J connectivity index is 0.000000177. The van der Waals surface area contributed by atoms with E-state index in [2.05, 4.69) is 0 Å². The molecule has 0 unspecified atom stereocenters. The van der Waals surface area contributed by atoms with Crippen LogP contribution in [0.25, 0.3) is 0 Å². The van der Waals surface area contributed by atoms with E-state index < -0.39 is 4.92 Å². The zero-order valence-corrected chi connectivity index (χ0v) is 16.0. The number of nitrogens with zero attached hydrogens (tertiary/aromatic N) is 1. The van der Waals surface area contributed by atoms with Crippen molar-refractivity contribution < 1.29 is 14.5 Å². The highest BCUT2D eigenvalue weighted by Crippen LogP contribution is 2.21. The lowest BCUT2D eigenvalue weighted by molar-refractivity contribution is -0.385. The number of carbonyl (C=O) groups is 1. The Kier molecular flexibility index (Phi) is 7.06. The number of hydrogen-bond donors (Lipinski definition) is 0. The second-order valence-electron chi connectivity index (χ2n) is 6.20. The minimum atomic E-state index is -0.545. The van der Waals surface area contributed by atoms with Gasteiger partial charge in [0.05, 0.1) is 4.92 Å². The van der Waals surface area contributed by atoms with E-state index in [4.69, 9.17) is 4.74 Å². The van der Waals surface area contributed by atoms with Crippen LogP contribution in [0.5, 0.6) is 11.5 Å². The molecule has 0 saturated carbocycles. The first kappa shape index (κ1) is 20.5. The number of nitro groups is 1. The summed E-state index contributed by atoms with van der Waals surface area (Å²) in [5.74, 6) is 1.40. The Morgan fingerprint density at radius 2 is 1.07 bits per heavy atom. The van der Waals surface area contributed by atoms with Gasteiger partial charge >= 0.3 is 0 Å². The third kappa shape index (κ3) is 5.62. The van der Waals surface area contributed by atoms with Gasteiger partial charge in [0.1, 0.15) is 17.1 Å². The van der Waals surface area contributed by atoms with Crippen LogP contribution < -0.4 is 4.74 Å². The summed E-state index contributed by atoms with van der Waals surface area (Å²) in [6, 6.07) is 34.0. The van der Waals surface area contributed by atoms with Crippen molar-refractivity contribution in [1.82, 2.24) is 0 Å². The maximum absolute atomic E-state index is 12.1. The van der Waals surface area contributed by atoms with E-state index >= 15 is 0 Å². The molecule has 0 aliphatic rings. The fourth-order valence-corrected chi connectivity index (χ4v) is 2.68. The van der Waals surface area contributed by atoms with Crippen LogP contribution in [0.1, 0.15) is 15.9 Å². The number of nitro benzene ring substituents is 1. The summed E-state index contributed by atoms with van der Waals surface area (Å²) >= 11 is 0. The first-order chi connectivity index (χ1) is 14.6. The Labute approximate surface area is 174 Å². The number of rotatable bonds is 5. The average molecular weight is 397 g/mol. The zero-order valence-electron chi connectivity index (χ0n) is 16.0. The number of ether oxygens (including phenoxy) is 1. The van der Waals surface area contributed by atoms with Crippen LogP contribution in [0.2, 0.25) is 0 Å². The molecule has 0 bridgehead atoms. The number of benzene rings is 4. The highest BCUT2D eigenvalue weighted by atomic mass is 16.6. The van der Waals surface area contributed by atoms with Crippen molar-refractivity contribution >= 4 is 11.5 Å². The second-order valence-corrected chi connectivity index (χ2v) is 6.20. The molecule has 0 saturated heterocycles. The predicted molar refractivity (Wildman–Crippen MR) is 116 cm³/mol. The van der Waals surface area contributed by atoms with E-state index in [1.807, 2.05) is 60.7 Å². The molecular formula is C25H19NO4. The molecule has 4 rings (SSSR count). The molecule has 148 valence electrons. The van der Waals surface area contributed by atoms with Crippen molar-refractivity contribution in [2.45, 2.75) is 0 Å². The highest BCUT2D eigenvalue weighted by molar-refractivity contribution is 6.11. The van der Waals surface area contributed by atoms with Crippen LogP contribution in [-0.2, 0) is 0 Å². The first-order valence-electron chi connectivity index (χ1n) is 9.26. The lowest BCUT2D eigenvalue weighted by atomic mass is 10.0. The molecule has 0 amide bonds. The molecular weight excluding hydrogens is 378 g/mol. The van der Waals surface area contributed by atoms with Crippen molar-refractivity contribution in [3.05, 3.63) is 137 Å². The monoisotopic (exact) mass is 397 g/mol. The molecule has 0 heterocycles. The van der Waals surface area contributed by atoms with Crippen LogP contribution in [0, 0.1) is 10.1 Å². The normalized spacial score (nSPS) is 9.73. The summed E-state index contributed by atoms with van der Waals surface area (Å²) in [4.78, 5) is 22.3. The van der Waals surface area contributed by atoms with E-state index in [1.165, 1.54) is 12.1 Å². The van der Waals surface area contributed by atoms with Gasteiger partial charge in [-0.05, 0) is 30.3 Å². The topological polar surface area (TPSA) is 69.4 Å². The first-order valence-corrected chi connectivity index (χ1v) is 9.26. The van der Waals surface area contributed by atoms with E-state index in [1.54, 1.807) is 42.5 Å². The van der Waals surface area contributed by atoms with Gasteiger partial charge in [0.25, 0.3) is 5.69 Å². The van der Waals surface area contributed by atoms with Gasteiger partial charge in [0, 0.05) is 11.6 Å². The van der Waals surface area contributed by atoms with Crippen molar-refractivity contribution in [3.8, 4) is 11.5 Å². The smallest absolute Gasteiger partial charge is 0.280 e. The Morgan fingerprint density at radius 1 is 0.633 bits per heavy atom. The van der Waals surface area contributed by atoms with Crippen LogP contribution in [0.15, 0.2) is 115 Å². The maximum Gasteiger partial charge on any atom is 0.280 e. The van der Waals surface area contributed by atoms with Crippen LogP contribution in [0.3, 0.4) is 0 Å². The molecule has 4 aromatic rings. The Bertz CT molecular complexity index is 1060. The van der Waals surface area contributed by atoms with Crippen molar-refractivity contribution in [2.75, 3.05) is 0 Å². The largest absolute Gasteiger partial charge is 0.457 e. The van der Waals surface area contributed by atoms with E-state index in [9.17, 15) is 14.9 Å². The molecule has 0 fully saturated rings. The third-order valence-electron chi connectivity index (χ3n) is 4.10. The van der Waals surface area contributed by atoms with Crippen LogP contribution >= 0.6 is 0 Å². The Morgan fingerprint density at radius 3 is 1.57 bits per heavy atom. The summed E-state index contributed by atoms with van der Waals surface area (Å²) in [6.45, 7) is 0. The average Bonchev–Trinajstić information content (AvgIpc) is 2.81. The molecule has 4 aromatic carbocycles. The van der Waals surface area contributed by atoms with Gasteiger partial charge in [-0.25, -0.2) is 0 Å². The summed E-state index contributed by atoms with van der Waals surface area (Å²) in [6.07, 6.45) is 0. The van der Waals surface area contributed by atoms with Gasteiger partial charge in [-0.2, -0.15) is 0 Å². The summed E-state index contributed by atoms with van der Waals surface area (Å²) in [7, 11) is 0. The standard InChI is InChI=1S/C13H9NO3.C12H10O/c15-13(10-6-2-1-3-7-10)11-8-4-5-9-12(11)14(16)17;1-3-7-11(8-4-1)13-12-9-5-2-6-10-12/h1-9H;1-10H. The van der Waals surface area contributed by atoms with Gasteiger partial charge in [-0.15, -0.1) is 0 Å². The maximum atomic E-state index is 12.1. The van der Waals surface area contributed by atoms with E-state index in [0.717, 1.165) is 11.5 Å². The minimum absolute atomic E-state index is 0.115. The van der Waals surface area contributed by atoms with Gasteiger partial charge in [0.15, 0.2) is 5.78 Å². The van der Waals surface area contributed by atoms with E-state index in [0.29, 0.717) is 5.56 Å². The number of ketones is 1. The second kappa shape index (κ2) is 10.3. The van der Waals surface area contributed by atoms with Gasteiger partial charge in [-0.3, -0.25) is 14.9 Å². The highest BCUT2D eigenvalue weighted by Gasteiger charge is 2.19. The van der Waals surface area contributed by atoms with Gasteiger partial charge in [0.2, 0.25) is 0 Å². The predicted octanol–water partition coefficient (Wildman–Crippen LogP) is 6.30. The van der Waals surface area contributed by atoms with Gasteiger partial charge < -0.3 is 4.74 Å². The number of hydrogen-bond acceptors (Lipinski definition) is 4. The molecule has 0 aliphatic carbocycles. The third-order valence-corrected chi connectivity index (χ3v) is 4.10. The van der Waals surface area contributed by atoms with Gasteiger partial charge in [-0.1, -0.05) is 78.9 Å². The summed E-state index contributed by atoms with van der Waals surface area (Å²) in [5, 5.41) is 10.8. The fraction of sp³-hybridized carbons (Fsp3) is 0. The lowest BCUT2D eigenvalue weighted by Crippen LogP contribution is -2.04. The Hall–Kier alpha value is -4.25. The van der Waals surface area contributed by atoms with Crippen molar-refractivity contribution in [3.63, 3.8) is 0 Å². The van der Waals surface area contributed by atoms with Crippen molar-refractivity contribution in [1.29, 1.82) is 0 Å². The SMILES string of the molecule is O=C(c1ccccc1)c1ccccc1[N+](=O)[O-].c1ccc(Oc2ccccc2)cc1. The lowest BCUT2D eigenvalue weighted by Gasteiger charge is -2.03. The summed E-state index contributed by atoms with van der Waals surface area (Å²) < 4.78 is 5.58. The molecule has 5 nitrogen and oxygen atoms in total. The molecule has 5 heteroatoms. The number of carbonyl (C=O) groups excluding carboxylic acids is 1. The molecule has 0 aromatic heterocycles. The zero-order chi connectivity index (χ0) is 21.2. The van der Waals surface area contributed by atoms with Crippen molar-refractivity contribution in [2.24, 2.45) is 0 Å². The van der Waals surface area contributed by atoms with Crippen LogP contribution in [-0.4, -0.2) is 10.7 Å². The molecule has 0 radical (unpaired) electrons. The molecule has 0 spiro atoms. The molecule has 0 atom stereocenters.